The highest BCUT2D eigenvalue weighted by Gasteiger charge is 2.03. The van der Waals surface area contributed by atoms with Gasteiger partial charge in [-0.15, -0.1) is 0 Å². The molecule has 0 unspecified atom stereocenters. The quantitative estimate of drug-likeness (QED) is 0.506. The predicted molar refractivity (Wildman–Crippen MR) is 87.2 cm³/mol. The molecule has 16 heavy (non-hydrogen) atoms. The first-order chi connectivity index (χ1) is 7.40. The lowest BCUT2D eigenvalue weighted by atomic mass is 10.1. The number of hydrogen-bond donors (Lipinski definition) is 0. The number of hydrogen-bond acceptors (Lipinski definition) is 0. The second-order valence-corrected chi connectivity index (χ2v) is 8.84. The lowest BCUT2D eigenvalue weighted by Crippen LogP contribution is -1.83. The van der Waals surface area contributed by atoms with E-state index in [4.69, 9.17) is 0 Å². The molecule has 0 aromatic heterocycles. The molecule has 1 rings (SSSR count). The van der Waals surface area contributed by atoms with Crippen LogP contribution in [-0.2, 0) is 0 Å². The molecule has 80 valence electrons. The molecule has 0 spiro atoms. The maximum atomic E-state index is 3.53. The van der Waals surface area contributed by atoms with E-state index in [2.05, 4.69) is 84.2 Å². The molecule has 1 aromatic rings. The molecular weight excluding hydrogens is 496 g/mol. The first-order valence-electron chi connectivity index (χ1n) is 4.07. The summed E-state index contributed by atoms with van der Waals surface area (Å²) in [4.78, 5) is 0. The van der Waals surface area contributed by atoms with Crippen molar-refractivity contribution in [1.29, 1.82) is 0 Å². The first-order valence-corrected chi connectivity index (χ1v) is 8.24. The molecule has 0 saturated carbocycles. The Morgan fingerprint density at radius 1 is 0.875 bits per heavy atom. The lowest BCUT2D eigenvalue weighted by Gasteiger charge is -2.05. The second kappa shape index (κ2) is 6.85. The Bertz CT molecular complexity index is 414. The summed E-state index contributed by atoms with van der Waals surface area (Å²) in [6.45, 7) is 0. The Labute approximate surface area is 135 Å². The topological polar surface area (TPSA) is 0 Å². The van der Waals surface area contributed by atoms with Gasteiger partial charge >= 0.3 is 0 Å². The summed E-state index contributed by atoms with van der Waals surface area (Å²) < 4.78 is 3.84. The van der Waals surface area contributed by atoms with Crippen molar-refractivity contribution in [3.8, 4) is 0 Å². The number of halogens is 4. The van der Waals surface area contributed by atoms with Crippen LogP contribution >= 0.6 is 63.7 Å². The van der Waals surface area contributed by atoms with Gasteiger partial charge in [-0.05, 0) is 43.6 Å². The summed E-state index contributed by atoms with van der Waals surface area (Å²) in [6, 6.07) is 4.08. The molecule has 1 aromatic carbocycles. The van der Waals surface area contributed by atoms with Gasteiger partial charge in [-0.3, -0.25) is 0 Å². The summed E-state index contributed by atoms with van der Waals surface area (Å²) in [7, 11) is 6.79. The van der Waals surface area contributed by atoms with E-state index in [0.29, 0.717) is 0 Å². The largest absolute Gasteiger partial charge is 0.0817 e. The summed E-state index contributed by atoms with van der Waals surface area (Å²) in [5, 5.41) is 0. The molecule has 0 aliphatic rings. The molecule has 0 N–H and O–H groups in total. The minimum absolute atomic E-state index is 0.893. The van der Waals surface area contributed by atoms with Crippen LogP contribution in [0, 0.1) is 0 Å². The third-order valence-electron chi connectivity index (χ3n) is 1.68. The van der Waals surface area contributed by atoms with Crippen molar-refractivity contribution >= 4 is 96.4 Å². The first kappa shape index (κ1) is 15.1. The van der Waals surface area contributed by atoms with Crippen LogP contribution in [-0.4, -0.2) is 20.5 Å². The van der Waals surface area contributed by atoms with Gasteiger partial charge in [0.05, 0.1) is 20.5 Å². The number of rotatable bonds is 2. The highest BCUT2D eigenvalue weighted by Crippen LogP contribution is 2.29. The average Bonchev–Trinajstić information content (AvgIpc) is 2.11. The van der Waals surface area contributed by atoms with Gasteiger partial charge in [0.15, 0.2) is 0 Å². The molecule has 0 amide bonds. The maximum absolute atomic E-state index is 3.53. The van der Waals surface area contributed by atoms with E-state index in [1.165, 1.54) is 0 Å². The fraction of sp³-hybridized carbons (Fsp3) is 0. The normalized spacial score (nSPS) is 13.1. The minimum Gasteiger partial charge on any atom is -0.0616 e. The van der Waals surface area contributed by atoms with Gasteiger partial charge in [0.2, 0.25) is 0 Å². The van der Waals surface area contributed by atoms with E-state index in [1.54, 1.807) is 0 Å². The van der Waals surface area contributed by atoms with E-state index in [1.807, 2.05) is 24.3 Å². The monoisotopic (exact) mass is 496 g/mol. The van der Waals surface area contributed by atoms with Crippen molar-refractivity contribution in [3.63, 3.8) is 0 Å². The zero-order valence-corrected chi connectivity index (χ0v) is 16.2. The molecule has 0 heterocycles. The fourth-order valence-corrected chi connectivity index (χ4v) is 2.83. The molecular formula is C10H4Br4Si2. The van der Waals surface area contributed by atoms with Crippen molar-refractivity contribution in [1.82, 2.24) is 0 Å². The molecule has 0 nitrogen and oxygen atoms in total. The third-order valence-corrected chi connectivity index (χ3v) is 3.80. The third kappa shape index (κ3) is 4.74. The van der Waals surface area contributed by atoms with Gasteiger partial charge in [0, 0.05) is 8.95 Å². The smallest absolute Gasteiger partial charge is 0.0616 e. The van der Waals surface area contributed by atoms with Crippen LogP contribution in [0.2, 0.25) is 0 Å². The zero-order chi connectivity index (χ0) is 12.3. The van der Waals surface area contributed by atoms with Crippen molar-refractivity contribution in [3.05, 3.63) is 40.4 Å². The summed E-state index contributed by atoms with van der Waals surface area (Å²) in [5.74, 6) is 0. The molecule has 0 aliphatic carbocycles. The average molecular weight is 500 g/mol. The van der Waals surface area contributed by atoms with Crippen molar-refractivity contribution < 1.29 is 0 Å². The Kier molecular flexibility index (Phi) is 6.47. The van der Waals surface area contributed by atoms with E-state index < -0.39 is 0 Å². The molecule has 0 bridgehead atoms. The number of benzene rings is 1. The van der Waals surface area contributed by atoms with Gasteiger partial charge in [-0.25, -0.2) is 0 Å². The van der Waals surface area contributed by atoms with E-state index in [-0.39, 0.29) is 0 Å². The Morgan fingerprint density at radius 2 is 1.19 bits per heavy atom. The molecule has 0 saturated heterocycles. The standard InChI is InChI=1S/C10H4Br4Si2/c11-7-1-5(3-9(13)15)8(12)2-6(7)4-10(14)16/h1-4H/b9-3-,10-4+. The van der Waals surface area contributed by atoms with Crippen LogP contribution < -0.4 is 0 Å². The van der Waals surface area contributed by atoms with Gasteiger partial charge in [0.1, 0.15) is 0 Å². The minimum atomic E-state index is 0.893. The van der Waals surface area contributed by atoms with Gasteiger partial charge in [0.25, 0.3) is 0 Å². The molecule has 0 atom stereocenters. The van der Waals surface area contributed by atoms with Gasteiger partial charge in [-0.2, -0.15) is 0 Å². The van der Waals surface area contributed by atoms with Crippen LogP contribution in [0.15, 0.2) is 29.3 Å². The predicted octanol–water partition coefficient (Wildman–Crippen LogP) is 4.94. The maximum Gasteiger partial charge on any atom is 0.0817 e. The molecule has 6 heteroatoms. The van der Waals surface area contributed by atoms with Crippen LogP contribution in [0.25, 0.3) is 12.2 Å². The summed E-state index contributed by atoms with van der Waals surface area (Å²) in [5.41, 5.74) is 2.16. The highest BCUT2D eigenvalue weighted by atomic mass is 79.9. The van der Waals surface area contributed by atoms with E-state index in [0.717, 1.165) is 28.3 Å². The molecule has 0 aliphatic heterocycles. The van der Waals surface area contributed by atoms with Crippen LogP contribution in [0.4, 0.5) is 0 Å². The van der Waals surface area contributed by atoms with Crippen LogP contribution in [0.1, 0.15) is 11.1 Å². The second-order valence-electron chi connectivity index (χ2n) is 2.88. The lowest BCUT2D eigenvalue weighted by molar-refractivity contribution is 1.53. The van der Waals surface area contributed by atoms with Gasteiger partial charge in [-0.1, -0.05) is 63.7 Å². The van der Waals surface area contributed by atoms with Crippen molar-refractivity contribution in [2.75, 3.05) is 0 Å². The molecule has 0 fully saturated rings. The molecule has 6 radical (unpaired) electrons. The SMILES string of the molecule is [Si]/C(Br)=C/c1cc(Br)c(/C=C(\[Si])Br)cc1Br. The van der Waals surface area contributed by atoms with Crippen LogP contribution in [0.5, 0.6) is 0 Å². The fourth-order valence-electron chi connectivity index (χ4n) is 1.07. The van der Waals surface area contributed by atoms with E-state index in [9.17, 15) is 0 Å². The van der Waals surface area contributed by atoms with Crippen molar-refractivity contribution in [2.45, 2.75) is 0 Å². The highest BCUT2D eigenvalue weighted by molar-refractivity contribution is 9.12. The van der Waals surface area contributed by atoms with E-state index >= 15 is 0 Å². The summed E-state index contributed by atoms with van der Waals surface area (Å²) in [6.07, 6.45) is 3.95. The Morgan fingerprint density at radius 3 is 1.44 bits per heavy atom. The zero-order valence-electron chi connectivity index (χ0n) is 7.82. The van der Waals surface area contributed by atoms with Crippen molar-refractivity contribution in [2.24, 2.45) is 0 Å². The Hall–Kier alpha value is 1.05. The summed E-state index contributed by atoms with van der Waals surface area (Å²) >= 11 is 13.7. The van der Waals surface area contributed by atoms with Crippen LogP contribution in [0.3, 0.4) is 0 Å². The van der Waals surface area contributed by atoms with Gasteiger partial charge < -0.3 is 0 Å². The Balaban J connectivity index is 3.27.